The number of hydrogen-bond acceptors (Lipinski definition) is 5. The molecular formula is C23H26FN5O2S. The number of nitrogens with one attached hydrogen (secondary N) is 2. The van der Waals surface area contributed by atoms with Gasteiger partial charge in [-0.1, -0.05) is 23.9 Å². The molecule has 3 rings (SSSR count). The maximum atomic E-state index is 13.2. The predicted octanol–water partition coefficient (Wildman–Crippen LogP) is 4.27. The lowest BCUT2D eigenvalue weighted by Gasteiger charge is -2.11. The molecule has 1 heterocycles. The Morgan fingerprint density at radius 2 is 1.75 bits per heavy atom. The number of aryl methyl sites for hydroxylation is 2. The fourth-order valence-electron chi connectivity index (χ4n) is 3.18. The van der Waals surface area contributed by atoms with Crippen LogP contribution in [0.2, 0.25) is 0 Å². The van der Waals surface area contributed by atoms with E-state index in [0.29, 0.717) is 28.8 Å². The zero-order valence-corrected chi connectivity index (χ0v) is 19.3. The molecule has 0 bridgehead atoms. The van der Waals surface area contributed by atoms with Crippen LogP contribution in [0.3, 0.4) is 0 Å². The number of hydrogen-bond donors (Lipinski definition) is 2. The summed E-state index contributed by atoms with van der Waals surface area (Å²) in [6.07, 6.45) is 0.0791. The van der Waals surface area contributed by atoms with E-state index in [2.05, 4.69) is 20.8 Å². The lowest BCUT2D eigenvalue weighted by Crippen LogP contribution is -2.18. The maximum absolute atomic E-state index is 13.2. The maximum Gasteiger partial charge on any atom is 0.234 e. The van der Waals surface area contributed by atoms with Crippen LogP contribution in [0.25, 0.3) is 0 Å². The normalized spacial score (nSPS) is 10.8. The molecule has 0 unspecified atom stereocenters. The van der Waals surface area contributed by atoms with Gasteiger partial charge in [-0.3, -0.25) is 9.59 Å². The SMILES string of the molecule is CCn1c(CC(=O)Nc2cccc(C)c2C)nnc1SCC(=O)Nc1ccc(F)cc1C. The van der Waals surface area contributed by atoms with Crippen LogP contribution in [0.15, 0.2) is 41.6 Å². The van der Waals surface area contributed by atoms with Gasteiger partial charge < -0.3 is 15.2 Å². The van der Waals surface area contributed by atoms with Gasteiger partial charge in [-0.25, -0.2) is 4.39 Å². The van der Waals surface area contributed by atoms with E-state index >= 15 is 0 Å². The summed E-state index contributed by atoms with van der Waals surface area (Å²) < 4.78 is 15.0. The van der Waals surface area contributed by atoms with Crippen LogP contribution < -0.4 is 10.6 Å². The summed E-state index contributed by atoms with van der Waals surface area (Å²) in [7, 11) is 0. The minimum absolute atomic E-state index is 0.0791. The second-order valence-corrected chi connectivity index (χ2v) is 8.35. The molecule has 168 valence electrons. The Morgan fingerprint density at radius 1 is 1.00 bits per heavy atom. The Bertz CT molecular complexity index is 1150. The van der Waals surface area contributed by atoms with Crippen molar-refractivity contribution in [2.24, 2.45) is 0 Å². The molecule has 0 atom stereocenters. The molecule has 0 aliphatic carbocycles. The first kappa shape index (κ1) is 23.5. The van der Waals surface area contributed by atoms with E-state index in [1.807, 2.05) is 43.5 Å². The van der Waals surface area contributed by atoms with Gasteiger partial charge in [0.15, 0.2) is 5.16 Å². The molecule has 7 nitrogen and oxygen atoms in total. The molecule has 0 radical (unpaired) electrons. The molecular weight excluding hydrogens is 429 g/mol. The molecule has 0 aliphatic rings. The number of benzene rings is 2. The predicted molar refractivity (Wildman–Crippen MR) is 124 cm³/mol. The second kappa shape index (κ2) is 10.4. The highest BCUT2D eigenvalue weighted by atomic mass is 32.2. The Balaban J connectivity index is 1.61. The number of carbonyl (C=O) groups is 2. The number of carbonyl (C=O) groups excluding carboxylic acids is 2. The van der Waals surface area contributed by atoms with Gasteiger partial charge >= 0.3 is 0 Å². The molecule has 0 aliphatic heterocycles. The minimum Gasteiger partial charge on any atom is -0.325 e. The van der Waals surface area contributed by atoms with Crippen molar-refractivity contribution in [2.45, 2.75) is 45.8 Å². The Hall–Kier alpha value is -3.20. The van der Waals surface area contributed by atoms with Gasteiger partial charge in [-0.05, 0) is 68.7 Å². The largest absolute Gasteiger partial charge is 0.325 e. The number of rotatable bonds is 8. The fraction of sp³-hybridized carbons (Fsp3) is 0.304. The fourth-order valence-corrected chi connectivity index (χ4v) is 4.00. The van der Waals surface area contributed by atoms with Crippen molar-refractivity contribution in [1.82, 2.24) is 14.8 Å². The van der Waals surface area contributed by atoms with Crippen LogP contribution in [0.4, 0.5) is 15.8 Å². The Morgan fingerprint density at radius 3 is 2.47 bits per heavy atom. The smallest absolute Gasteiger partial charge is 0.234 e. The van der Waals surface area contributed by atoms with E-state index < -0.39 is 0 Å². The molecule has 32 heavy (non-hydrogen) atoms. The number of halogens is 1. The number of aromatic nitrogens is 3. The third-order valence-electron chi connectivity index (χ3n) is 5.10. The van der Waals surface area contributed by atoms with Crippen molar-refractivity contribution in [3.63, 3.8) is 0 Å². The molecule has 3 aromatic rings. The standard InChI is InChI=1S/C23H26FN5O2S/c1-5-29-20(12-21(30)26-19-8-6-7-14(2)16(19)4)27-28-23(29)32-13-22(31)25-18-10-9-17(24)11-15(18)3/h6-11H,5,12-13H2,1-4H3,(H,25,31)(H,26,30). The van der Waals surface area contributed by atoms with Crippen molar-refractivity contribution < 1.29 is 14.0 Å². The molecule has 2 aromatic carbocycles. The number of thioether (sulfide) groups is 1. The van der Waals surface area contributed by atoms with Gasteiger partial charge in [0.2, 0.25) is 11.8 Å². The van der Waals surface area contributed by atoms with Crippen LogP contribution in [0.1, 0.15) is 29.4 Å². The van der Waals surface area contributed by atoms with E-state index in [9.17, 15) is 14.0 Å². The summed E-state index contributed by atoms with van der Waals surface area (Å²) in [4.78, 5) is 24.9. The van der Waals surface area contributed by atoms with Gasteiger partial charge in [0.1, 0.15) is 11.6 Å². The van der Waals surface area contributed by atoms with Gasteiger partial charge in [-0.15, -0.1) is 10.2 Å². The van der Waals surface area contributed by atoms with Gasteiger partial charge in [-0.2, -0.15) is 0 Å². The topological polar surface area (TPSA) is 88.9 Å². The molecule has 0 fully saturated rings. The van der Waals surface area contributed by atoms with Crippen LogP contribution in [-0.4, -0.2) is 32.3 Å². The van der Waals surface area contributed by atoms with Crippen molar-refractivity contribution in [1.29, 1.82) is 0 Å². The highest BCUT2D eigenvalue weighted by molar-refractivity contribution is 7.99. The molecule has 9 heteroatoms. The van der Waals surface area contributed by atoms with Crippen LogP contribution in [-0.2, 0) is 22.6 Å². The Labute approximate surface area is 190 Å². The Kier molecular flexibility index (Phi) is 7.63. The van der Waals surface area contributed by atoms with E-state index in [0.717, 1.165) is 16.8 Å². The van der Waals surface area contributed by atoms with E-state index in [1.54, 1.807) is 6.92 Å². The van der Waals surface area contributed by atoms with E-state index in [4.69, 9.17) is 0 Å². The van der Waals surface area contributed by atoms with Crippen LogP contribution >= 0.6 is 11.8 Å². The first-order chi connectivity index (χ1) is 15.3. The van der Waals surface area contributed by atoms with Gasteiger partial charge in [0.05, 0.1) is 12.2 Å². The molecule has 0 saturated carbocycles. The zero-order chi connectivity index (χ0) is 23.3. The van der Waals surface area contributed by atoms with Gasteiger partial charge in [0.25, 0.3) is 0 Å². The second-order valence-electron chi connectivity index (χ2n) is 7.41. The summed E-state index contributed by atoms with van der Waals surface area (Å²) >= 11 is 1.24. The highest BCUT2D eigenvalue weighted by Crippen LogP contribution is 2.21. The monoisotopic (exact) mass is 455 g/mol. The quantitative estimate of drug-likeness (QED) is 0.495. The minimum atomic E-state index is -0.347. The summed E-state index contributed by atoms with van der Waals surface area (Å²) in [5.41, 5.74) is 4.12. The lowest BCUT2D eigenvalue weighted by molar-refractivity contribution is -0.116. The van der Waals surface area contributed by atoms with Crippen molar-refractivity contribution in [2.75, 3.05) is 16.4 Å². The molecule has 2 amide bonds. The number of nitrogens with zero attached hydrogens (tertiary/aromatic N) is 3. The average molecular weight is 456 g/mol. The first-order valence-electron chi connectivity index (χ1n) is 10.3. The van der Waals surface area contributed by atoms with E-state index in [1.165, 1.54) is 30.0 Å². The third-order valence-corrected chi connectivity index (χ3v) is 6.07. The zero-order valence-electron chi connectivity index (χ0n) is 18.5. The van der Waals surface area contributed by atoms with E-state index in [-0.39, 0.29) is 29.8 Å². The van der Waals surface area contributed by atoms with Crippen molar-refractivity contribution in [3.05, 3.63) is 64.7 Å². The first-order valence-corrected chi connectivity index (χ1v) is 11.2. The van der Waals surface area contributed by atoms with Gasteiger partial charge in [0, 0.05) is 17.9 Å². The molecule has 0 spiro atoms. The molecule has 0 saturated heterocycles. The third kappa shape index (κ3) is 5.73. The summed E-state index contributed by atoms with van der Waals surface area (Å²) in [6, 6.07) is 9.97. The van der Waals surface area contributed by atoms with Crippen LogP contribution in [0, 0.1) is 26.6 Å². The summed E-state index contributed by atoms with van der Waals surface area (Å²) in [5.74, 6) is -0.108. The molecule has 1 aromatic heterocycles. The lowest BCUT2D eigenvalue weighted by atomic mass is 10.1. The number of anilines is 2. The number of amides is 2. The molecule has 2 N–H and O–H groups in total. The highest BCUT2D eigenvalue weighted by Gasteiger charge is 2.17. The summed E-state index contributed by atoms with van der Waals surface area (Å²) in [6.45, 7) is 8.19. The van der Waals surface area contributed by atoms with Crippen LogP contribution in [0.5, 0.6) is 0 Å². The average Bonchev–Trinajstić information content (AvgIpc) is 3.13. The summed E-state index contributed by atoms with van der Waals surface area (Å²) in [5, 5.41) is 14.6. The van der Waals surface area contributed by atoms with Crippen molar-refractivity contribution in [3.8, 4) is 0 Å². The van der Waals surface area contributed by atoms with Crippen molar-refractivity contribution >= 4 is 35.0 Å².